The minimum atomic E-state index is -1.33. The van der Waals surface area contributed by atoms with Gasteiger partial charge >= 0.3 is 0 Å². The van der Waals surface area contributed by atoms with Crippen molar-refractivity contribution in [2.75, 3.05) is 6.61 Å². The third-order valence-electron chi connectivity index (χ3n) is 9.16. The van der Waals surface area contributed by atoms with E-state index in [1.165, 1.54) is 5.57 Å². The van der Waals surface area contributed by atoms with Gasteiger partial charge in [-0.1, -0.05) is 38.5 Å². The SMILES string of the molecule is C=C[C@](C)(CC[C@@]1(C)[C@H](C)CC[C@]2(C)C(C)=C[C@H](OO)C[C@H]12)O[C@H]1OC[C@@H](O)[C@H](O)[C@H]1O. The van der Waals surface area contributed by atoms with Gasteiger partial charge in [-0.3, -0.25) is 5.26 Å². The molecule has 4 N–H and O–H groups in total. The Morgan fingerprint density at radius 1 is 1.28 bits per heavy atom. The number of hydrogen-bond acceptors (Lipinski definition) is 7. The third kappa shape index (κ3) is 4.58. The molecule has 184 valence electrons. The van der Waals surface area contributed by atoms with E-state index in [9.17, 15) is 20.6 Å². The molecular formula is C25H42O7. The van der Waals surface area contributed by atoms with Gasteiger partial charge in [-0.2, -0.15) is 0 Å². The number of rotatable bonds is 7. The van der Waals surface area contributed by atoms with Crippen LogP contribution in [0.4, 0.5) is 0 Å². The molecule has 2 aliphatic carbocycles. The second-order valence-electron chi connectivity index (χ2n) is 11.0. The average Bonchev–Trinajstić information content (AvgIpc) is 2.77. The molecule has 1 saturated carbocycles. The molecule has 7 nitrogen and oxygen atoms in total. The second kappa shape index (κ2) is 9.45. The van der Waals surface area contributed by atoms with Crippen LogP contribution < -0.4 is 0 Å². The topological polar surface area (TPSA) is 109 Å². The van der Waals surface area contributed by atoms with E-state index in [4.69, 9.17) is 14.4 Å². The first-order valence-electron chi connectivity index (χ1n) is 11.9. The minimum Gasteiger partial charge on any atom is -0.388 e. The molecular weight excluding hydrogens is 412 g/mol. The van der Waals surface area contributed by atoms with Gasteiger partial charge in [0.2, 0.25) is 0 Å². The maximum atomic E-state index is 10.3. The third-order valence-corrected chi connectivity index (χ3v) is 9.16. The van der Waals surface area contributed by atoms with Gasteiger partial charge in [0.05, 0.1) is 12.2 Å². The fourth-order valence-electron chi connectivity index (χ4n) is 6.23. The Labute approximate surface area is 192 Å². The first kappa shape index (κ1) is 25.8. The molecule has 1 saturated heterocycles. The van der Waals surface area contributed by atoms with Gasteiger partial charge in [0.25, 0.3) is 0 Å². The predicted molar refractivity (Wildman–Crippen MR) is 121 cm³/mol. The van der Waals surface area contributed by atoms with E-state index in [2.05, 4.69) is 40.3 Å². The molecule has 1 heterocycles. The molecule has 32 heavy (non-hydrogen) atoms. The van der Waals surface area contributed by atoms with Crippen LogP contribution >= 0.6 is 0 Å². The molecule has 0 amide bonds. The van der Waals surface area contributed by atoms with Gasteiger partial charge in [0.1, 0.15) is 24.4 Å². The van der Waals surface area contributed by atoms with Crippen molar-refractivity contribution in [3.05, 3.63) is 24.3 Å². The summed E-state index contributed by atoms with van der Waals surface area (Å²) >= 11 is 0. The van der Waals surface area contributed by atoms with E-state index in [0.717, 1.165) is 25.7 Å². The Hall–Kier alpha value is -0.800. The summed E-state index contributed by atoms with van der Waals surface area (Å²) in [5, 5.41) is 39.4. The summed E-state index contributed by atoms with van der Waals surface area (Å²) in [6.07, 6.45) is 3.20. The van der Waals surface area contributed by atoms with Crippen molar-refractivity contribution in [2.24, 2.45) is 22.7 Å². The highest BCUT2D eigenvalue weighted by molar-refractivity contribution is 5.23. The lowest BCUT2D eigenvalue weighted by Crippen LogP contribution is -2.56. The number of aliphatic hydroxyl groups is 3. The van der Waals surface area contributed by atoms with E-state index in [1.807, 2.05) is 6.92 Å². The van der Waals surface area contributed by atoms with Crippen LogP contribution in [0.15, 0.2) is 24.3 Å². The molecule has 7 heteroatoms. The van der Waals surface area contributed by atoms with Gasteiger partial charge in [0.15, 0.2) is 6.29 Å². The van der Waals surface area contributed by atoms with Crippen LogP contribution in [0.5, 0.6) is 0 Å². The van der Waals surface area contributed by atoms with Crippen molar-refractivity contribution in [1.82, 2.24) is 0 Å². The van der Waals surface area contributed by atoms with Crippen molar-refractivity contribution in [3.8, 4) is 0 Å². The zero-order valence-electron chi connectivity index (χ0n) is 20.2. The summed E-state index contributed by atoms with van der Waals surface area (Å²) in [6, 6.07) is 0. The fraction of sp³-hybridized carbons (Fsp3) is 0.840. The van der Waals surface area contributed by atoms with Gasteiger partial charge in [-0.15, -0.1) is 6.58 Å². The molecule has 0 aromatic heterocycles. The molecule has 10 atom stereocenters. The van der Waals surface area contributed by atoms with Gasteiger partial charge in [-0.05, 0) is 68.6 Å². The lowest BCUT2D eigenvalue weighted by atomic mass is 9.46. The first-order valence-corrected chi connectivity index (χ1v) is 11.9. The van der Waals surface area contributed by atoms with Crippen LogP contribution in [0.2, 0.25) is 0 Å². The maximum Gasteiger partial charge on any atom is 0.187 e. The van der Waals surface area contributed by atoms with Crippen LogP contribution in [0.25, 0.3) is 0 Å². The summed E-state index contributed by atoms with van der Waals surface area (Å²) < 4.78 is 11.6. The number of allylic oxidation sites excluding steroid dienone is 1. The largest absolute Gasteiger partial charge is 0.388 e. The summed E-state index contributed by atoms with van der Waals surface area (Å²) in [4.78, 5) is 4.78. The smallest absolute Gasteiger partial charge is 0.187 e. The molecule has 0 aromatic carbocycles. The highest BCUT2D eigenvalue weighted by Gasteiger charge is 2.55. The van der Waals surface area contributed by atoms with Gasteiger partial charge in [0, 0.05) is 0 Å². The summed E-state index contributed by atoms with van der Waals surface area (Å²) in [5.41, 5.74) is 0.538. The maximum absolute atomic E-state index is 10.3. The van der Waals surface area contributed by atoms with E-state index < -0.39 is 30.2 Å². The Morgan fingerprint density at radius 3 is 2.59 bits per heavy atom. The predicted octanol–water partition coefficient (Wildman–Crippen LogP) is 3.43. The minimum absolute atomic E-state index is 0.0192. The van der Waals surface area contributed by atoms with Crippen LogP contribution in [0.1, 0.15) is 66.7 Å². The summed E-state index contributed by atoms with van der Waals surface area (Å²) in [7, 11) is 0. The zero-order chi connectivity index (χ0) is 23.9. The van der Waals surface area contributed by atoms with Crippen LogP contribution in [0.3, 0.4) is 0 Å². The Bertz CT molecular complexity index is 710. The van der Waals surface area contributed by atoms with Crippen molar-refractivity contribution in [3.63, 3.8) is 0 Å². The number of ether oxygens (including phenoxy) is 2. The van der Waals surface area contributed by atoms with Gasteiger partial charge in [-0.25, -0.2) is 4.89 Å². The molecule has 2 fully saturated rings. The lowest BCUT2D eigenvalue weighted by Gasteiger charge is -2.59. The van der Waals surface area contributed by atoms with E-state index in [-0.39, 0.29) is 23.5 Å². The zero-order valence-corrected chi connectivity index (χ0v) is 20.2. The Balaban J connectivity index is 1.78. The molecule has 0 spiro atoms. The normalized spacial score (nSPS) is 46.7. The van der Waals surface area contributed by atoms with Crippen molar-refractivity contribution in [2.45, 2.75) is 103 Å². The Kier molecular flexibility index (Phi) is 7.62. The standard InChI is InChI=1S/C25H42O7/c1-7-23(4,31-22-21(28)20(27)18(26)14-30-22)10-11-25(6)15(2)8-9-24(5)16(3)12-17(32-29)13-19(24)25/h7,12,15,17-22,26-29H,1,8-11,13-14H2,2-6H3/t15-,17+,18-,19+,20+,21-,22-,23-,24-,25+/m1/s1. The Morgan fingerprint density at radius 2 is 1.97 bits per heavy atom. The average molecular weight is 455 g/mol. The fourth-order valence-corrected chi connectivity index (χ4v) is 6.23. The lowest BCUT2D eigenvalue weighted by molar-refractivity contribution is -0.294. The van der Waals surface area contributed by atoms with Crippen LogP contribution in [0, 0.1) is 22.7 Å². The van der Waals surface area contributed by atoms with E-state index in [1.54, 1.807) is 6.08 Å². The summed E-state index contributed by atoms with van der Waals surface area (Å²) in [6.45, 7) is 14.9. The molecule has 0 aromatic rings. The van der Waals surface area contributed by atoms with Gasteiger partial charge < -0.3 is 24.8 Å². The number of aliphatic hydroxyl groups excluding tert-OH is 3. The molecule has 3 aliphatic rings. The van der Waals surface area contributed by atoms with E-state index in [0.29, 0.717) is 18.3 Å². The number of fused-ring (bicyclic) bond motifs is 1. The van der Waals surface area contributed by atoms with Crippen molar-refractivity contribution >= 4 is 0 Å². The molecule has 1 aliphatic heterocycles. The van der Waals surface area contributed by atoms with Crippen molar-refractivity contribution in [1.29, 1.82) is 0 Å². The van der Waals surface area contributed by atoms with Crippen LogP contribution in [-0.4, -0.2) is 63.5 Å². The quantitative estimate of drug-likeness (QED) is 0.265. The van der Waals surface area contributed by atoms with Crippen molar-refractivity contribution < 1.29 is 34.9 Å². The monoisotopic (exact) mass is 454 g/mol. The highest BCUT2D eigenvalue weighted by atomic mass is 17.1. The molecule has 0 radical (unpaired) electrons. The molecule has 0 bridgehead atoms. The molecule has 0 unspecified atom stereocenters. The number of hydrogen-bond donors (Lipinski definition) is 4. The second-order valence-corrected chi connectivity index (χ2v) is 11.0. The first-order chi connectivity index (χ1) is 14.9. The highest BCUT2D eigenvalue weighted by Crippen LogP contribution is 2.62. The van der Waals surface area contributed by atoms with Crippen LogP contribution in [-0.2, 0) is 14.4 Å². The molecule has 3 rings (SSSR count). The van der Waals surface area contributed by atoms with E-state index >= 15 is 0 Å². The summed E-state index contributed by atoms with van der Waals surface area (Å²) in [5.74, 6) is 0.817.